The zero-order chi connectivity index (χ0) is 22.6. The average molecular weight is 466 g/mol. The van der Waals surface area contributed by atoms with E-state index in [2.05, 4.69) is 15.3 Å². The summed E-state index contributed by atoms with van der Waals surface area (Å²) in [5.41, 5.74) is -0.281. The normalized spacial score (nSPS) is 14.5. The summed E-state index contributed by atoms with van der Waals surface area (Å²) < 4.78 is 13.7. The minimum absolute atomic E-state index is 0.0159. The highest BCUT2D eigenvalue weighted by atomic mass is 35.5. The van der Waals surface area contributed by atoms with Crippen LogP contribution in [0, 0.1) is 11.2 Å². The number of carbonyl (C=O) groups excluding carboxylic acids is 2. The maximum atomic E-state index is 13.7. The molecule has 3 rings (SSSR count). The van der Waals surface area contributed by atoms with Crippen molar-refractivity contribution in [1.29, 1.82) is 0 Å². The van der Waals surface area contributed by atoms with E-state index in [1.807, 2.05) is 30.6 Å². The lowest BCUT2D eigenvalue weighted by Crippen LogP contribution is -2.51. The fraction of sp³-hybridized carbons (Fsp3) is 0.429. The molecule has 2 heterocycles. The Morgan fingerprint density at radius 1 is 1.16 bits per heavy atom. The summed E-state index contributed by atoms with van der Waals surface area (Å²) in [6.45, 7) is 8.21. The fourth-order valence-corrected chi connectivity index (χ4v) is 3.99. The zero-order valence-electron chi connectivity index (χ0n) is 17.7. The molecule has 0 radical (unpaired) electrons. The van der Waals surface area contributed by atoms with Gasteiger partial charge in [-0.15, -0.1) is 0 Å². The van der Waals surface area contributed by atoms with Gasteiger partial charge in [0.2, 0.25) is 11.8 Å². The third kappa shape index (κ3) is 6.30. The van der Waals surface area contributed by atoms with Gasteiger partial charge in [-0.25, -0.2) is 14.4 Å². The maximum absolute atomic E-state index is 13.7. The van der Waals surface area contributed by atoms with Gasteiger partial charge in [-0.2, -0.15) is 0 Å². The van der Waals surface area contributed by atoms with Gasteiger partial charge < -0.3 is 15.1 Å². The molecule has 1 fully saturated rings. The Balaban J connectivity index is 1.59. The van der Waals surface area contributed by atoms with Crippen LogP contribution in [0.1, 0.15) is 20.8 Å². The van der Waals surface area contributed by atoms with Crippen LogP contribution in [0.25, 0.3) is 0 Å². The molecule has 1 aromatic carbocycles. The quantitative estimate of drug-likeness (QED) is 0.412. The highest BCUT2D eigenvalue weighted by Gasteiger charge is 2.30. The minimum Gasteiger partial charge on any atom is -0.353 e. The average Bonchev–Trinajstić information content (AvgIpc) is 2.72. The van der Waals surface area contributed by atoms with Crippen LogP contribution in [-0.4, -0.2) is 58.6 Å². The lowest BCUT2D eigenvalue weighted by molar-refractivity contribution is -0.139. The lowest BCUT2D eigenvalue weighted by atomic mass is 9.94. The Kier molecular flexibility index (Phi) is 7.38. The Bertz CT molecular complexity index is 961. The summed E-state index contributed by atoms with van der Waals surface area (Å²) >= 11 is 7.29. The van der Waals surface area contributed by atoms with E-state index < -0.39 is 11.2 Å². The number of hydrogen-bond acceptors (Lipinski definition) is 6. The van der Waals surface area contributed by atoms with Crippen molar-refractivity contribution in [2.24, 2.45) is 5.41 Å². The first-order valence-corrected chi connectivity index (χ1v) is 11.3. The second-order valence-corrected chi connectivity index (χ2v) is 9.51. The van der Waals surface area contributed by atoms with Crippen molar-refractivity contribution >= 4 is 46.7 Å². The molecule has 1 aliphatic heterocycles. The van der Waals surface area contributed by atoms with Crippen molar-refractivity contribution in [2.75, 3.05) is 42.1 Å². The number of para-hydroxylation sites is 1. The number of carbonyl (C=O) groups is 2. The molecular weight excluding hydrogens is 441 g/mol. The monoisotopic (exact) mass is 465 g/mol. The number of nitrogens with zero attached hydrogens (tertiary/aromatic N) is 4. The SMILES string of the molecule is CC(C)(C)C(=O)N1CCN(c2cc(Cl)nc(SCC(=O)Nc3ccccc3F)n2)CC1. The lowest BCUT2D eigenvalue weighted by Gasteiger charge is -2.38. The molecule has 166 valence electrons. The zero-order valence-corrected chi connectivity index (χ0v) is 19.3. The minimum atomic E-state index is -0.494. The molecule has 10 heteroatoms. The van der Waals surface area contributed by atoms with Gasteiger partial charge in [0, 0.05) is 37.7 Å². The first-order chi connectivity index (χ1) is 14.6. The second kappa shape index (κ2) is 9.82. The first-order valence-electron chi connectivity index (χ1n) is 9.89. The number of benzene rings is 1. The van der Waals surface area contributed by atoms with E-state index in [0.717, 1.165) is 11.8 Å². The third-order valence-electron chi connectivity index (χ3n) is 4.67. The molecule has 0 aliphatic carbocycles. The topological polar surface area (TPSA) is 78.4 Å². The summed E-state index contributed by atoms with van der Waals surface area (Å²) in [5.74, 6) is -0.0623. The number of rotatable bonds is 5. The van der Waals surface area contributed by atoms with Crippen molar-refractivity contribution in [3.05, 3.63) is 41.3 Å². The molecular formula is C21H25ClFN5O2S. The van der Waals surface area contributed by atoms with E-state index >= 15 is 0 Å². The van der Waals surface area contributed by atoms with E-state index in [1.54, 1.807) is 18.2 Å². The number of anilines is 2. The van der Waals surface area contributed by atoms with Crippen LogP contribution in [0.4, 0.5) is 15.9 Å². The van der Waals surface area contributed by atoms with E-state index in [0.29, 0.717) is 37.2 Å². The van der Waals surface area contributed by atoms with E-state index in [1.165, 1.54) is 12.1 Å². The molecule has 1 saturated heterocycles. The Hall–Kier alpha value is -2.39. The Labute approximate surface area is 190 Å². The molecule has 0 unspecified atom stereocenters. The molecule has 0 bridgehead atoms. The van der Waals surface area contributed by atoms with E-state index in [9.17, 15) is 14.0 Å². The Morgan fingerprint density at radius 3 is 2.48 bits per heavy atom. The number of aromatic nitrogens is 2. The van der Waals surface area contributed by atoms with Gasteiger partial charge >= 0.3 is 0 Å². The standard InChI is InChI=1S/C21H25ClFN5O2S/c1-21(2,3)19(30)28-10-8-27(9-11-28)17-12-16(22)25-20(26-17)31-13-18(29)24-15-7-5-4-6-14(15)23/h4-7,12H,8-11,13H2,1-3H3,(H,24,29). The van der Waals surface area contributed by atoms with Crippen molar-refractivity contribution < 1.29 is 14.0 Å². The molecule has 0 spiro atoms. The molecule has 1 aromatic heterocycles. The highest BCUT2D eigenvalue weighted by Crippen LogP contribution is 2.24. The predicted octanol–water partition coefficient (Wildman–Crippen LogP) is 3.69. The largest absolute Gasteiger partial charge is 0.353 e. The number of piperazine rings is 1. The van der Waals surface area contributed by atoms with Crippen LogP contribution in [-0.2, 0) is 9.59 Å². The van der Waals surface area contributed by atoms with Gasteiger partial charge in [0.05, 0.1) is 11.4 Å². The van der Waals surface area contributed by atoms with Gasteiger partial charge in [0.1, 0.15) is 16.8 Å². The summed E-state index contributed by atoms with van der Waals surface area (Å²) in [6.07, 6.45) is 0. The molecule has 31 heavy (non-hydrogen) atoms. The predicted molar refractivity (Wildman–Crippen MR) is 121 cm³/mol. The van der Waals surface area contributed by atoms with E-state index in [4.69, 9.17) is 11.6 Å². The van der Waals surface area contributed by atoms with Crippen LogP contribution >= 0.6 is 23.4 Å². The number of amides is 2. The van der Waals surface area contributed by atoms with Crippen molar-refractivity contribution in [3.63, 3.8) is 0 Å². The van der Waals surface area contributed by atoms with Gasteiger partial charge in [-0.3, -0.25) is 9.59 Å². The van der Waals surface area contributed by atoms with Crippen LogP contribution in [0.3, 0.4) is 0 Å². The molecule has 7 nitrogen and oxygen atoms in total. The fourth-order valence-electron chi connectivity index (χ4n) is 3.10. The van der Waals surface area contributed by atoms with Gasteiger partial charge in [-0.1, -0.05) is 56.3 Å². The summed E-state index contributed by atoms with van der Waals surface area (Å²) in [7, 11) is 0. The number of nitrogens with one attached hydrogen (secondary N) is 1. The summed E-state index contributed by atoms with van der Waals surface area (Å²) in [4.78, 5) is 37.2. The molecule has 2 aromatic rings. The van der Waals surface area contributed by atoms with E-state index in [-0.39, 0.29) is 28.4 Å². The number of hydrogen-bond donors (Lipinski definition) is 1. The Morgan fingerprint density at radius 2 is 1.84 bits per heavy atom. The highest BCUT2D eigenvalue weighted by molar-refractivity contribution is 7.99. The van der Waals surface area contributed by atoms with Crippen LogP contribution in [0.2, 0.25) is 5.15 Å². The van der Waals surface area contributed by atoms with Gasteiger partial charge in [0.25, 0.3) is 0 Å². The second-order valence-electron chi connectivity index (χ2n) is 8.18. The summed E-state index contributed by atoms with van der Waals surface area (Å²) in [6, 6.07) is 7.65. The molecule has 1 aliphatic rings. The molecule has 2 amide bonds. The molecule has 0 atom stereocenters. The van der Waals surface area contributed by atoms with Crippen molar-refractivity contribution in [2.45, 2.75) is 25.9 Å². The van der Waals surface area contributed by atoms with Crippen LogP contribution < -0.4 is 10.2 Å². The number of halogens is 2. The molecule has 0 saturated carbocycles. The van der Waals surface area contributed by atoms with Gasteiger partial charge in [-0.05, 0) is 12.1 Å². The van der Waals surface area contributed by atoms with Crippen LogP contribution in [0.5, 0.6) is 0 Å². The van der Waals surface area contributed by atoms with Crippen molar-refractivity contribution in [3.8, 4) is 0 Å². The smallest absolute Gasteiger partial charge is 0.234 e. The van der Waals surface area contributed by atoms with Crippen molar-refractivity contribution in [1.82, 2.24) is 14.9 Å². The molecule has 1 N–H and O–H groups in total. The van der Waals surface area contributed by atoms with Gasteiger partial charge in [0.15, 0.2) is 5.16 Å². The first kappa shape index (κ1) is 23.3. The third-order valence-corrected chi connectivity index (χ3v) is 5.71. The van der Waals surface area contributed by atoms with Crippen LogP contribution in [0.15, 0.2) is 35.5 Å². The maximum Gasteiger partial charge on any atom is 0.234 e. The summed E-state index contributed by atoms with van der Waals surface area (Å²) in [5, 5.41) is 3.16. The number of thioether (sulfide) groups is 1.